The van der Waals surface area contributed by atoms with Gasteiger partial charge < -0.3 is 15.5 Å². The Labute approximate surface area is 119 Å². The van der Waals surface area contributed by atoms with Gasteiger partial charge in [0.25, 0.3) is 0 Å². The predicted octanol–water partition coefficient (Wildman–Crippen LogP) is 3.64. The van der Waals surface area contributed by atoms with Crippen LogP contribution in [-0.4, -0.2) is 11.0 Å². The number of carbonyl (C=O) groups is 1. The van der Waals surface area contributed by atoms with E-state index >= 15 is 0 Å². The van der Waals surface area contributed by atoms with Gasteiger partial charge in [-0.2, -0.15) is 0 Å². The molecule has 0 aliphatic heterocycles. The summed E-state index contributed by atoms with van der Waals surface area (Å²) < 4.78 is 5.44. The minimum atomic E-state index is -0.595. The zero-order valence-corrected chi connectivity index (χ0v) is 11.0. The SMILES string of the molecule is NC(=O)Nc1ccc(-c2coc3cc(Cl)cnc23)cc1. The highest BCUT2D eigenvalue weighted by Gasteiger charge is 2.10. The van der Waals surface area contributed by atoms with Crippen LogP contribution in [0.15, 0.2) is 47.2 Å². The number of rotatable bonds is 2. The molecule has 0 aliphatic rings. The predicted molar refractivity (Wildman–Crippen MR) is 77.7 cm³/mol. The zero-order valence-electron chi connectivity index (χ0n) is 10.3. The Morgan fingerprint density at radius 2 is 2.05 bits per heavy atom. The topological polar surface area (TPSA) is 81.2 Å². The van der Waals surface area contributed by atoms with E-state index in [0.29, 0.717) is 16.3 Å². The summed E-state index contributed by atoms with van der Waals surface area (Å²) in [5.74, 6) is 0. The summed E-state index contributed by atoms with van der Waals surface area (Å²) in [6.07, 6.45) is 3.20. The van der Waals surface area contributed by atoms with Crippen LogP contribution in [0.2, 0.25) is 5.02 Å². The maximum Gasteiger partial charge on any atom is 0.316 e. The van der Waals surface area contributed by atoms with Crippen LogP contribution in [0.1, 0.15) is 0 Å². The number of fused-ring (bicyclic) bond motifs is 1. The number of aromatic nitrogens is 1. The van der Waals surface area contributed by atoms with Gasteiger partial charge in [0.05, 0.1) is 5.02 Å². The lowest BCUT2D eigenvalue weighted by atomic mass is 10.1. The van der Waals surface area contributed by atoms with Gasteiger partial charge >= 0.3 is 6.03 Å². The maximum atomic E-state index is 10.8. The number of carbonyl (C=O) groups excluding carboxylic acids is 1. The number of nitrogens with one attached hydrogen (secondary N) is 1. The first-order chi connectivity index (χ1) is 9.63. The summed E-state index contributed by atoms with van der Waals surface area (Å²) in [5, 5.41) is 3.03. The number of hydrogen-bond donors (Lipinski definition) is 2. The molecule has 2 aromatic heterocycles. The number of urea groups is 1. The second-order valence-corrected chi connectivity index (χ2v) is 4.65. The normalized spacial score (nSPS) is 10.7. The van der Waals surface area contributed by atoms with Crippen molar-refractivity contribution in [2.45, 2.75) is 0 Å². The quantitative estimate of drug-likeness (QED) is 0.755. The molecule has 3 rings (SSSR count). The lowest BCUT2D eigenvalue weighted by Gasteiger charge is -2.03. The van der Waals surface area contributed by atoms with Crippen molar-refractivity contribution in [1.29, 1.82) is 0 Å². The van der Waals surface area contributed by atoms with Gasteiger partial charge in [-0.3, -0.25) is 4.98 Å². The molecule has 6 heteroatoms. The standard InChI is InChI=1S/C14H10ClN3O2/c15-9-5-12-13(17-6-9)11(7-20-12)8-1-3-10(4-2-8)18-14(16)19/h1-7H,(H3,16,18,19). The van der Waals surface area contributed by atoms with Crippen LogP contribution < -0.4 is 11.1 Å². The summed E-state index contributed by atoms with van der Waals surface area (Å²) in [5.41, 5.74) is 8.85. The minimum Gasteiger partial charge on any atom is -0.462 e. The molecular weight excluding hydrogens is 278 g/mol. The van der Waals surface area contributed by atoms with Crippen molar-refractivity contribution in [2.24, 2.45) is 5.73 Å². The number of primary amides is 1. The summed E-state index contributed by atoms with van der Waals surface area (Å²) in [4.78, 5) is 15.0. The number of anilines is 1. The van der Waals surface area contributed by atoms with Gasteiger partial charge in [-0.15, -0.1) is 0 Å². The lowest BCUT2D eigenvalue weighted by molar-refractivity contribution is 0.259. The van der Waals surface area contributed by atoms with Gasteiger partial charge in [-0.25, -0.2) is 4.79 Å². The van der Waals surface area contributed by atoms with Crippen molar-refractivity contribution < 1.29 is 9.21 Å². The summed E-state index contributed by atoms with van der Waals surface area (Å²) in [7, 11) is 0. The van der Waals surface area contributed by atoms with E-state index in [9.17, 15) is 4.79 Å². The van der Waals surface area contributed by atoms with Crippen molar-refractivity contribution in [3.05, 3.63) is 47.8 Å². The van der Waals surface area contributed by atoms with E-state index in [4.69, 9.17) is 21.8 Å². The number of hydrogen-bond acceptors (Lipinski definition) is 3. The van der Waals surface area contributed by atoms with Gasteiger partial charge in [-0.1, -0.05) is 23.7 Å². The van der Waals surface area contributed by atoms with Gasteiger partial charge in [0, 0.05) is 23.5 Å². The molecule has 0 saturated carbocycles. The average molecular weight is 288 g/mol. The fourth-order valence-corrected chi connectivity index (χ4v) is 2.12. The first-order valence-corrected chi connectivity index (χ1v) is 6.21. The van der Waals surface area contributed by atoms with Crippen LogP contribution in [0.25, 0.3) is 22.2 Å². The molecule has 0 aliphatic carbocycles. The van der Waals surface area contributed by atoms with E-state index < -0.39 is 6.03 Å². The summed E-state index contributed by atoms with van der Waals surface area (Å²) in [6.45, 7) is 0. The first kappa shape index (κ1) is 12.5. The molecule has 0 spiro atoms. The third-order valence-corrected chi connectivity index (χ3v) is 3.05. The van der Waals surface area contributed by atoms with Crippen molar-refractivity contribution in [3.8, 4) is 11.1 Å². The number of halogens is 1. The van der Waals surface area contributed by atoms with E-state index in [-0.39, 0.29) is 0 Å². The molecule has 2 amide bonds. The van der Waals surface area contributed by atoms with Crippen molar-refractivity contribution in [3.63, 3.8) is 0 Å². The third-order valence-electron chi connectivity index (χ3n) is 2.84. The molecule has 3 aromatic rings. The molecule has 0 fully saturated rings. The Bertz CT molecular complexity index is 781. The minimum absolute atomic E-state index is 0.527. The number of nitrogens with zero attached hydrogens (tertiary/aromatic N) is 1. The Balaban J connectivity index is 2.00. The molecule has 0 bridgehead atoms. The molecule has 0 unspecified atom stereocenters. The van der Waals surface area contributed by atoms with Gasteiger partial charge in [0.1, 0.15) is 11.8 Å². The maximum absolute atomic E-state index is 10.8. The summed E-state index contributed by atoms with van der Waals surface area (Å²) >= 11 is 5.87. The van der Waals surface area contributed by atoms with Crippen LogP contribution in [-0.2, 0) is 0 Å². The average Bonchev–Trinajstić information content (AvgIpc) is 2.82. The Hall–Kier alpha value is -2.53. The van der Waals surface area contributed by atoms with Crippen molar-refractivity contribution in [1.82, 2.24) is 4.98 Å². The van der Waals surface area contributed by atoms with Crippen LogP contribution in [0.3, 0.4) is 0 Å². The molecule has 5 nitrogen and oxygen atoms in total. The molecule has 0 atom stereocenters. The molecule has 2 heterocycles. The Morgan fingerprint density at radius 3 is 2.75 bits per heavy atom. The van der Waals surface area contributed by atoms with Gasteiger partial charge in [-0.05, 0) is 17.7 Å². The molecule has 0 radical (unpaired) electrons. The zero-order chi connectivity index (χ0) is 14.1. The van der Waals surface area contributed by atoms with Crippen LogP contribution in [0.5, 0.6) is 0 Å². The van der Waals surface area contributed by atoms with Gasteiger partial charge in [0.15, 0.2) is 5.58 Å². The van der Waals surface area contributed by atoms with E-state index in [0.717, 1.165) is 16.6 Å². The molecule has 100 valence electrons. The lowest BCUT2D eigenvalue weighted by Crippen LogP contribution is -2.19. The Morgan fingerprint density at radius 1 is 1.30 bits per heavy atom. The van der Waals surface area contributed by atoms with E-state index in [1.807, 2.05) is 12.1 Å². The molecule has 3 N–H and O–H groups in total. The molecular formula is C14H10ClN3O2. The monoisotopic (exact) mass is 287 g/mol. The summed E-state index contributed by atoms with van der Waals surface area (Å²) in [6, 6.07) is 8.35. The smallest absolute Gasteiger partial charge is 0.316 e. The second-order valence-electron chi connectivity index (χ2n) is 4.22. The highest BCUT2D eigenvalue weighted by molar-refractivity contribution is 6.31. The number of pyridine rings is 1. The highest BCUT2D eigenvalue weighted by atomic mass is 35.5. The van der Waals surface area contributed by atoms with Crippen LogP contribution in [0, 0.1) is 0 Å². The molecule has 0 saturated heterocycles. The first-order valence-electron chi connectivity index (χ1n) is 5.83. The third kappa shape index (κ3) is 2.31. The van der Waals surface area contributed by atoms with Crippen LogP contribution in [0.4, 0.5) is 10.5 Å². The second kappa shape index (κ2) is 4.86. The number of nitrogens with two attached hydrogens (primary N) is 1. The largest absolute Gasteiger partial charge is 0.462 e. The van der Waals surface area contributed by atoms with Crippen molar-refractivity contribution >= 4 is 34.4 Å². The fourth-order valence-electron chi connectivity index (χ4n) is 1.97. The molecule has 20 heavy (non-hydrogen) atoms. The van der Waals surface area contributed by atoms with Crippen molar-refractivity contribution in [2.75, 3.05) is 5.32 Å². The highest BCUT2D eigenvalue weighted by Crippen LogP contribution is 2.30. The number of amides is 2. The number of furan rings is 1. The fraction of sp³-hybridized carbons (Fsp3) is 0. The van der Waals surface area contributed by atoms with E-state index in [1.54, 1.807) is 30.7 Å². The van der Waals surface area contributed by atoms with Gasteiger partial charge in [0.2, 0.25) is 0 Å². The van der Waals surface area contributed by atoms with E-state index in [2.05, 4.69) is 10.3 Å². The van der Waals surface area contributed by atoms with E-state index in [1.165, 1.54) is 0 Å². The molecule has 1 aromatic carbocycles. The Kier molecular flexibility index (Phi) is 3.04. The number of benzene rings is 1. The van der Waals surface area contributed by atoms with Crippen LogP contribution >= 0.6 is 11.6 Å².